The molecular formula is C18H33N3O2. The quantitative estimate of drug-likeness (QED) is 0.764. The molecule has 1 saturated heterocycles. The van der Waals surface area contributed by atoms with E-state index in [0.29, 0.717) is 18.0 Å². The number of amides is 3. The number of nitrogens with zero attached hydrogens (tertiary/aromatic N) is 1. The average molecular weight is 323 g/mol. The van der Waals surface area contributed by atoms with Crippen molar-refractivity contribution in [2.75, 3.05) is 13.1 Å². The number of hydrogen-bond acceptors (Lipinski definition) is 2. The van der Waals surface area contributed by atoms with Gasteiger partial charge in [0.05, 0.1) is 0 Å². The number of rotatable bonds is 5. The van der Waals surface area contributed by atoms with Crippen LogP contribution in [0.25, 0.3) is 0 Å². The normalized spacial score (nSPS) is 30.0. The van der Waals surface area contributed by atoms with Crippen molar-refractivity contribution in [3.63, 3.8) is 0 Å². The molecule has 132 valence electrons. The van der Waals surface area contributed by atoms with Crippen LogP contribution in [-0.4, -0.2) is 42.0 Å². The largest absolute Gasteiger partial charge is 0.338 e. The van der Waals surface area contributed by atoms with Crippen LogP contribution in [0.2, 0.25) is 0 Å². The minimum absolute atomic E-state index is 0.0575. The van der Waals surface area contributed by atoms with Gasteiger partial charge in [0, 0.05) is 19.1 Å². The predicted molar refractivity (Wildman–Crippen MR) is 92.1 cm³/mol. The lowest BCUT2D eigenvalue weighted by Gasteiger charge is -2.39. The molecule has 0 radical (unpaired) electrons. The molecule has 2 aliphatic rings. The van der Waals surface area contributed by atoms with E-state index in [0.717, 1.165) is 32.2 Å². The molecule has 5 heteroatoms. The second-order valence-electron chi connectivity index (χ2n) is 8.66. The number of fused-ring (bicyclic) bond motifs is 2. The summed E-state index contributed by atoms with van der Waals surface area (Å²) in [5.41, 5.74) is 0.520. The Morgan fingerprint density at radius 3 is 2.61 bits per heavy atom. The Morgan fingerprint density at radius 2 is 1.96 bits per heavy atom. The summed E-state index contributed by atoms with van der Waals surface area (Å²) in [5.74, 6) is 0.0575. The Bertz CT molecular complexity index is 463. The standard InChI is InChI=1S/C18H33N3O2/c1-6-7-8-19-16(23)20-13(2)15(22)21-12-18(5)10-14(21)9-17(3,4)11-18/h13-14H,6-12H2,1-5H3,(H2,19,20,23). The number of hydrogen-bond donors (Lipinski definition) is 2. The molecule has 0 aromatic carbocycles. The molecular weight excluding hydrogens is 290 g/mol. The molecule has 1 aliphatic heterocycles. The lowest BCUT2D eigenvalue weighted by molar-refractivity contribution is -0.133. The fourth-order valence-corrected chi connectivity index (χ4v) is 4.65. The van der Waals surface area contributed by atoms with E-state index in [9.17, 15) is 9.59 Å². The SMILES string of the molecule is CCCCNC(=O)NC(C)C(=O)N1CC2(C)CC1CC(C)(C)C2. The molecule has 23 heavy (non-hydrogen) atoms. The molecule has 0 spiro atoms. The summed E-state index contributed by atoms with van der Waals surface area (Å²) in [5, 5.41) is 5.59. The van der Waals surface area contributed by atoms with E-state index in [-0.39, 0.29) is 17.4 Å². The maximum absolute atomic E-state index is 12.8. The number of urea groups is 1. The molecule has 2 fully saturated rings. The lowest BCUT2D eigenvalue weighted by Crippen LogP contribution is -2.51. The zero-order valence-corrected chi connectivity index (χ0v) is 15.4. The average Bonchev–Trinajstić information content (AvgIpc) is 2.67. The molecule has 2 N–H and O–H groups in total. The van der Waals surface area contributed by atoms with E-state index in [4.69, 9.17) is 0 Å². The Morgan fingerprint density at radius 1 is 1.26 bits per heavy atom. The highest BCUT2D eigenvalue weighted by molar-refractivity contribution is 5.87. The van der Waals surface area contributed by atoms with Crippen molar-refractivity contribution >= 4 is 11.9 Å². The van der Waals surface area contributed by atoms with Crippen molar-refractivity contribution in [1.29, 1.82) is 0 Å². The molecule has 1 saturated carbocycles. The van der Waals surface area contributed by atoms with Gasteiger partial charge in [-0.05, 0) is 43.4 Å². The van der Waals surface area contributed by atoms with Crippen LogP contribution >= 0.6 is 0 Å². The van der Waals surface area contributed by atoms with Crippen LogP contribution in [0.1, 0.15) is 66.7 Å². The van der Waals surface area contributed by atoms with Crippen LogP contribution in [0.15, 0.2) is 0 Å². The van der Waals surface area contributed by atoms with E-state index in [1.807, 2.05) is 4.90 Å². The Labute approximate surface area is 140 Å². The first kappa shape index (κ1) is 18.1. The molecule has 1 aliphatic carbocycles. The van der Waals surface area contributed by atoms with Gasteiger partial charge in [0.15, 0.2) is 0 Å². The van der Waals surface area contributed by atoms with Gasteiger partial charge >= 0.3 is 6.03 Å². The molecule has 2 bridgehead atoms. The van der Waals surface area contributed by atoms with Gasteiger partial charge in [-0.2, -0.15) is 0 Å². The van der Waals surface area contributed by atoms with Gasteiger partial charge in [-0.1, -0.05) is 34.1 Å². The smallest absolute Gasteiger partial charge is 0.315 e. The maximum atomic E-state index is 12.8. The van der Waals surface area contributed by atoms with Crippen molar-refractivity contribution < 1.29 is 9.59 Å². The van der Waals surface area contributed by atoms with Gasteiger partial charge in [-0.25, -0.2) is 4.79 Å². The Hall–Kier alpha value is -1.26. The Kier molecular flexibility index (Phi) is 5.27. The third-order valence-corrected chi connectivity index (χ3v) is 5.23. The van der Waals surface area contributed by atoms with E-state index >= 15 is 0 Å². The van der Waals surface area contributed by atoms with Crippen molar-refractivity contribution in [2.45, 2.75) is 78.8 Å². The summed E-state index contributed by atoms with van der Waals surface area (Å²) in [4.78, 5) is 26.7. The lowest BCUT2D eigenvalue weighted by atomic mass is 9.65. The highest BCUT2D eigenvalue weighted by atomic mass is 16.2. The van der Waals surface area contributed by atoms with E-state index in [1.54, 1.807) is 6.92 Å². The van der Waals surface area contributed by atoms with Gasteiger partial charge in [-0.3, -0.25) is 4.79 Å². The molecule has 0 aromatic heterocycles. The van der Waals surface area contributed by atoms with Crippen molar-refractivity contribution in [3.8, 4) is 0 Å². The predicted octanol–water partition coefficient (Wildman–Crippen LogP) is 2.90. The van der Waals surface area contributed by atoms with Crippen molar-refractivity contribution in [2.24, 2.45) is 10.8 Å². The number of unbranched alkanes of at least 4 members (excludes halogenated alkanes) is 1. The number of carbonyl (C=O) groups excluding carboxylic acids is 2. The van der Waals surface area contributed by atoms with Gasteiger partial charge in [0.25, 0.3) is 0 Å². The first-order valence-electron chi connectivity index (χ1n) is 9.01. The topological polar surface area (TPSA) is 61.4 Å². The van der Waals surface area contributed by atoms with Crippen LogP contribution in [0, 0.1) is 10.8 Å². The zero-order valence-electron chi connectivity index (χ0n) is 15.4. The zero-order chi connectivity index (χ0) is 17.3. The van der Waals surface area contributed by atoms with E-state index in [1.165, 1.54) is 6.42 Å². The molecule has 0 aromatic rings. The maximum Gasteiger partial charge on any atom is 0.315 e. The summed E-state index contributed by atoms with van der Waals surface area (Å²) in [6.45, 7) is 12.2. The summed E-state index contributed by atoms with van der Waals surface area (Å²) >= 11 is 0. The van der Waals surface area contributed by atoms with Gasteiger partial charge in [-0.15, -0.1) is 0 Å². The third kappa shape index (κ3) is 4.39. The number of likely N-dealkylation sites (tertiary alicyclic amines) is 1. The molecule has 1 heterocycles. The van der Waals surface area contributed by atoms with E-state index < -0.39 is 6.04 Å². The fourth-order valence-electron chi connectivity index (χ4n) is 4.65. The highest BCUT2D eigenvalue weighted by Crippen LogP contribution is 2.52. The summed E-state index contributed by atoms with van der Waals surface area (Å²) in [6.07, 6.45) is 5.32. The van der Waals surface area contributed by atoms with Gasteiger partial charge in [0.2, 0.25) is 5.91 Å². The first-order valence-corrected chi connectivity index (χ1v) is 9.01. The third-order valence-electron chi connectivity index (χ3n) is 5.23. The molecule has 3 atom stereocenters. The molecule has 5 nitrogen and oxygen atoms in total. The first-order chi connectivity index (χ1) is 10.7. The summed E-state index contributed by atoms with van der Waals surface area (Å²) in [6, 6.07) is -0.389. The summed E-state index contributed by atoms with van der Waals surface area (Å²) < 4.78 is 0. The molecule has 3 unspecified atom stereocenters. The fraction of sp³-hybridized carbons (Fsp3) is 0.889. The van der Waals surface area contributed by atoms with Crippen molar-refractivity contribution in [3.05, 3.63) is 0 Å². The van der Waals surface area contributed by atoms with Crippen LogP contribution in [-0.2, 0) is 4.79 Å². The van der Waals surface area contributed by atoms with Crippen LogP contribution in [0.4, 0.5) is 4.79 Å². The Balaban J connectivity index is 1.92. The molecule has 3 amide bonds. The molecule has 2 rings (SSSR count). The summed E-state index contributed by atoms with van der Waals surface area (Å²) in [7, 11) is 0. The second kappa shape index (κ2) is 6.70. The minimum atomic E-state index is -0.470. The minimum Gasteiger partial charge on any atom is -0.338 e. The van der Waals surface area contributed by atoms with Gasteiger partial charge < -0.3 is 15.5 Å². The monoisotopic (exact) mass is 323 g/mol. The highest BCUT2D eigenvalue weighted by Gasteiger charge is 2.51. The van der Waals surface area contributed by atoms with Crippen LogP contribution < -0.4 is 10.6 Å². The number of nitrogens with one attached hydrogen (secondary N) is 2. The second-order valence-corrected chi connectivity index (χ2v) is 8.66. The van der Waals surface area contributed by atoms with Crippen LogP contribution in [0.5, 0.6) is 0 Å². The van der Waals surface area contributed by atoms with Crippen molar-refractivity contribution in [1.82, 2.24) is 15.5 Å². The van der Waals surface area contributed by atoms with Gasteiger partial charge in [0.1, 0.15) is 6.04 Å². The van der Waals surface area contributed by atoms with Crippen LogP contribution in [0.3, 0.4) is 0 Å². The number of carbonyl (C=O) groups is 2. The van der Waals surface area contributed by atoms with E-state index in [2.05, 4.69) is 38.3 Å².